The first-order valence-corrected chi connectivity index (χ1v) is 3.55. The van der Waals surface area contributed by atoms with Gasteiger partial charge in [-0.1, -0.05) is 6.92 Å². The maximum absolute atomic E-state index is 5.44. The third-order valence-corrected chi connectivity index (χ3v) is 1.79. The smallest absolute Gasteiger partial charge is 0.157 e. The predicted octanol–water partition coefficient (Wildman–Crippen LogP) is 1.55. The molecule has 0 spiro atoms. The highest BCUT2D eigenvalue weighted by molar-refractivity contribution is 4.65. The van der Waals surface area contributed by atoms with Gasteiger partial charge in [-0.3, -0.25) is 0 Å². The summed E-state index contributed by atoms with van der Waals surface area (Å²) in [5.41, 5.74) is 0. The maximum Gasteiger partial charge on any atom is 0.157 e. The molecule has 0 aromatic rings. The molecular weight excluding hydrogens is 116 g/mol. The van der Waals surface area contributed by atoms with Crippen LogP contribution in [0.5, 0.6) is 0 Å². The van der Waals surface area contributed by atoms with E-state index in [2.05, 4.69) is 6.92 Å². The van der Waals surface area contributed by atoms with Crippen LogP contribution in [-0.4, -0.2) is 19.5 Å². The molecule has 1 heterocycles. The van der Waals surface area contributed by atoms with E-state index in [1.807, 2.05) is 0 Å². The van der Waals surface area contributed by atoms with E-state index < -0.39 is 0 Å². The van der Waals surface area contributed by atoms with E-state index in [0.717, 1.165) is 19.3 Å². The molecule has 0 bridgehead atoms. The van der Waals surface area contributed by atoms with E-state index in [1.165, 1.54) is 0 Å². The van der Waals surface area contributed by atoms with Gasteiger partial charge in [0.25, 0.3) is 0 Å². The number of rotatable bonds is 2. The van der Waals surface area contributed by atoms with Gasteiger partial charge in [0.15, 0.2) is 6.29 Å². The summed E-state index contributed by atoms with van der Waals surface area (Å²) in [6, 6.07) is 0. The van der Waals surface area contributed by atoms with Gasteiger partial charge in [-0.15, -0.1) is 0 Å². The van der Waals surface area contributed by atoms with Crippen molar-refractivity contribution in [2.45, 2.75) is 38.6 Å². The van der Waals surface area contributed by atoms with Gasteiger partial charge in [-0.25, -0.2) is 0 Å². The van der Waals surface area contributed by atoms with E-state index in [-0.39, 0.29) is 6.29 Å². The lowest BCUT2D eigenvalue weighted by Gasteiger charge is -2.09. The Morgan fingerprint density at radius 1 is 1.56 bits per heavy atom. The van der Waals surface area contributed by atoms with Gasteiger partial charge in [0, 0.05) is 13.5 Å². The second-order valence-electron chi connectivity index (χ2n) is 2.41. The van der Waals surface area contributed by atoms with Crippen LogP contribution in [0.25, 0.3) is 0 Å². The molecule has 0 amide bonds. The molecular formula is C7H14O2. The Morgan fingerprint density at radius 2 is 2.33 bits per heavy atom. The summed E-state index contributed by atoms with van der Waals surface area (Å²) >= 11 is 0. The molecule has 2 heteroatoms. The topological polar surface area (TPSA) is 18.5 Å². The van der Waals surface area contributed by atoms with Crippen molar-refractivity contribution in [3.05, 3.63) is 0 Å². The number of hydrogen-bond acceptors (Lipinski definition) is 2. The van der Waals surface area contributed by atoms with Crippen LogP contribution < -0.4 is 0 Å². The maximum atomic E-state index is 5.44. The highest BCUT2D eigenvalue weighted by Gasteiger charge is 2.22. The molecule has 0 N–H and O–H groups in total. The minimum absolute atomic E-state index is 0.0787. The van der Waals surface area contributed by atoms with Crippen molar-refractivity contribution in [2.24, 2.45) is 0 Å². The molecule has 0 radical (unpaired) electrons. The van der Waals surface area contributed by atoms with E-state index in [9.17, 15) is 0 Å². The molecule has 2 nitrogen and oxygen atoms in total. The van der Waals surface area contributed by atoms with Gasteiger partial charge in [-0.05, 0) is 12.8 Å². The van der Waals surface area contributed by atoms with Crippen LogP contribution in [0.3, 0.4) is 0 Å². The first-order chi connectivity index (χ1) is 4.36. The van der Waals surface area contributed by atoms with Crippen LogP contribution in [-0.2, 0) is 9.47 Å². The van der Waals surface area contributed by atoms with Crippen molar-refractivity contribution in [3.8, 4) is 0 Å². The van der Waals surface area contributed by atoms with Crippen molar-refractivity contribution in [1.82, 2.24) is 0 Å². The molecule has 1 aliphatic heterocycles. The Morgan fingerprint density at radius 3 is 2.67 bits per heavy atom. The molecule has 0 aromatic heterocycles. The molecule has 0 aliphatic carbocycles. The molecule has 1 saturated heterocycles. The standard InChI is InChI=1S/C7H14O2/c1-3-6-4-5-7(8-2)9-6/h6-7H,3-5H2,1-2H3/t6-,7?/m1/s1. The molecule has 0 aromatic carbocycles. The summed E-state index contributed by atoms with van der Waals surface area (Å²) < 4.78 is 10.5. The first kappa shape index (κ1) is 7.03. The molecule has 1 fully saturated rings. The number of ether oxygens (including phenoxy) is 2. The van der Waals surface area contributed by atoms with E-state index in [1.54, 1.807) is 7.11 Å². The second-order valence-corrected chi connectivity index (χ2v) is 2.41. The lowest BCUT2D eigenvalue weighted by Crippen LogP contribution is -2.11. The molecule has 2 atom stereocenters. The summed E-state index contributed by atoms with van der Waals surface area (Å²) in [5, 5.41) is 0. The van der Waals surface area contributed by atoms with Gasteiger partial charge < -0.3 is 9.47 Å². The Hall–Kier alpha value is -0.0800. The van der Waals surface area contributed by atoms with Crippen molar-refractivity contribution in [2.75, 3.05) is 7.11 Å². The second kappa shape index (κ2) is 3.18. The van der Waals surface area contributed by atoms with Gasteiger partial charge >= 0.3 is 0 Å². The fourth-order valence-corrected chi connectivity index (χ4v) is 1.15. The lowest BCUT2D eigenvalue weighted by atomic mass is 10.2. The summed E-state index contributed by atoms with van der Waals surface area (Å²) in [5.74, 6) is 0. The fraction of sp³-hybridized carbons (Fsp3) is 1.00. The summed E-state index contributed by atoms with van der Waals surface area (Å²) in [7, 11) is 1.70. The average molecular weight is 130 g/mol. The zero-order chi connectivity index (χ0) is 6.69. The van der Waals surface area contributed by atoms with Crippen LogP contribution in [0.15, 0.2) is 0 Å². The van der Waals surface area contributed by atoms with Crippen molar-refractivity contribution < 1.29 is 9.47 Å². The normalized spacial score (nSPS) is 35.3. The molecule has 54 valence electrons. The van der Waals surface area contributed by atoms with Crippen LogP contribution in [0.4, 0.5) is 0 Å². The average Bonchev–Trinajstić information content (AvgIpc) is 2.34. The van der Waals surface area contributed by atoms with Gasteiger partial charge in [0.2, 0.25) is 0 Å². The Bertz CT molecular complexity index is 73.0. The Labute approximate surface area is 56.2 Å². The van der Waals surface area contributed by atoms with Gasteiger partial charge in [-0.2, -0.15) is 0 Å². The zero-order valence-corrected chi connectivity index (χ0v) is 6.09. The third-order valence-electron chi connectivity index (χ3n) is 1.79. The van der Waals surface area contributed by atoms with Crippen molar-refractivity contribution in [3.63, 3.8) is 0 Å². The molecule has 1 unspecified atom stereocenters. The monoisotopic (exact) mass is 130 g/mol. The molecule has 9 heavy (non-hydrogen) atoms. The van der Waals surface area contributed by atoms with Gasteiger partial charge in [0.05, 0.1) is 6.10 Å². The summed E-state index contributed by atoms with van der Waals surface area (Å²) in [4.78, 5) is 0. The Kier molecular flexibility index (Phi) is 2.49. The largest absolute Gasteiger partial charge is 0.356 e. The van der Waals surface area contributed by atoms with E-state index in [4.69, 9.17) is 9.47 Å². The SMILES string of the molecule is CC[C@@H]1CCC(OC)O1. The molecule has 1 rings (SSSR count). The van der Waals surface area contributed by atoms with E-state index >= 15 is 0 Å². The molecule has 0 saturated carbocycles. The van der Waals surface area contributed by atoms with Crippen LogP contribution in [0.2, 0.25) is 0 Å². The zero-order valence-electron chi connectivity index (χ0n) is 6.09. The minimum Gasteiger partial charge on any atom is -0.356 e. The van der Waals surface area contributed by atoms with Crippen LogP contribution in [0.1, 0.15) is 26.2 Å². The Balaban J connectivity index is 2.20. The van der Waals surface area contributed by atoms with Crippen LogP contribution >= 0.6 is 0 Å². The number of methoxy groups -OCH3 is 1. The summed E-state index contributed by atoms with van der Waals surface area (Å²) in [6.45, 7) is 2.14. The quantitative estimate of drug-likeness (QED) is 0.564. The minimum atomic E-state index is 0.0787. The van der Waals surface area contributed by atoms with Gasteiger partial charge in [0.1, 0.15) is 0 Å². The highest BCUT2D eigenvalue weighted by atomic mass is 16.7. The predicted molar refractivity (Wildman–Crippen MR) is 35.2 cm³/mol. The first-order valence-electron chi connectivity index (χ1n) is 3.55. The van der Waals surface area contributed by atoms with Crippen LogP contribution in [0, 0.1) is 0 Å². The van der Waals surface area contributed by atoms with E-state index in [0.29, 0.717) is 6.10 Å². The molecule has 1 aliphatic rings. The van der Waals surface area contributed by atoms with Crippen molar-refractivity contribution >= 4 is 0 Å². The van der Waals surface area contributed by atoms with Crippen molar-refractivity contribution in [1.29, 1.82) is 0 Å². The summed E-state index contributed by atoms with van der Waals surface area (Å²) in [6.07, 6.45) is 3.87. The highest BCUT2D eigenvalue weighted by Crippen LogP contribution is 2.21. The fourth-order valence-electron chi connectivity index (χ4n) is 1.15. The lowest BCUT2D eigenvalue weighted by molar-refractivity contribution is -0.114. The third kappa shape index (κ3) is 1.66. The number of hydrogen-bond donors (Lipinski definition) is 0.